The topological polar surface area (TPSA) is 89.8 Å². The van der Waals surface area contributed by atoms with Crippen LogP contribution in [0.25, 0.3) is 17.1 Å². The first-order chi connectivity index (χ1) is 18.6. The van der Waals surface area contributed by atoms with E-state index in [-0.39, 0.29) is 18.2 Å². The summed E-state index contributed by atoms with van der Waals surface area (Å²) >= 11 is 0. The summed E-state index contributed by atoms with van der Waals surface area (Å²) in [5.41, 5.74) is 3.51. The van der Waals surface area contributed by atoms with Crippen molar-refractivity contribution in [2.75, 3.05) is 44.8 Å². The molecule has 0 saturated carbocycles. The van der Waals surface area contributed by atoms with Gasteiger partial charge in [-0.2, -0.15) is 5.10 Å². The fourth-order valence-electron chi connectivity index (χ4n) is 4.55. The van der Waals surface area contributed by atoms with E-state index in [9.17, 15) is 9.59 Å². The van der Waals surface area contributed by atoms with Crippen molar-refractivity contribution in [2.45, 2.75) is 6.92 Å². The lowest BCUT2D eigenvalue weighted by molar-refractivity contribution is 0.0518. The zero-order chi connectivity index (χ0) is 26.5. The predicted molar refractivity (Wildman–Crippen MR) is 144 cm³/mol. The molecule has 1 aliphatic heterocycles. The fourth-order valence-corrected chi connectivity index (χ4v) is 4.55. The normalized spacial score (nSPS) is 13.3. The maximum Gasteiger partial charge on any atom is 0.358 e. The summed E-state index contributed by atoms with van der Waals surface area (Å²) in [4.78, 5) is 33.9. The van der Waals surface area contributed by atoms with Gasteiger partial charge in [-0.15, -0.1) is 0 Å². The van der Waals surface area contributed by atoms with Crippen LogP contribution in [0, 0.1) is 0 Å². The summed E-state index contributed by atoms with van der Waals surface area (Å²) < 4.78 is 12.2. The molecule has 0 atom stereocenters. The molecule has 9 heteroatoms. The molecule has 2 aromatic carbocycles. The van der Waals surface area contributed by atoms with Crippen LogP contribution in [0.4, 0.5) is 5.69 Å². The highest BCUT2D eigenvalue weighted by Crippen LogP contribution is 2.27. The van der Waals surface area contributed by atoms with Crippen LogP contribution in [-0.4, -0.2) is 71.4 Å². The molecule has 5 rings (SSSR count). The quantitative estimate of drug-likeness (QED) is 0.345. The Labute approximate surface area is 221 Å². The van der Waals surface area contributed by atoms with E-state index >= 15 is 0 Å². The number of esters is 1. The minimum atomic E-state index is -0.472. The average molecular weight is 512 g/mol. The monoisotopic (exact) mass is 511 g/mol. The van der Waals surface area contributed by atoms with E-state index in [2.05, 4.69) is 15.0 Å². The number of ether oxygens (including phenoxy) is 2. The van der Waals surface area contributed by atoms with Gasteiger partial charge in [0.15, 0.2) is 11.5 Å². The number of carbonyl (C=O) groups excluding carboxylic acids is 2. The molecular weight excluding hydrogens is 482 g/mol. The lowest BCUT2D eigenvalue weighted by Gasteiger charge is -2.36. The lowest BCUT2D eigenvalue weighted by atomic mass is 10.1. The molecule has 0 aliphatic carbocycles. The maximum absolute atomic E-state index is 13.0. The number of amides is 1. The molecule has 0 spiro atoms. The Morgan fingerprint density at radius 2 is 1.66 bits per heavy atom. The van der Waals surface area contributed by atoms with E-state index in [0.29, 0.717) is 30.2 Å². The fraction of sp³-hybridized carbons (Fsp3) is 0.241. The first kappa shape index (κ1) is 25.0. The van der Waals surface area contributed by atoms with E-state index < -0.39 is 5.97 Å². The number of rotatable bonds is 7. The molecule has 9 nitrogen and oxygen atoms in total. The second kappa shape index (κ2) is 11.2. The summed E-state index contributed by atoms with van der Waals surface area (Å²) in [7, 11) is 1.58. The van der Waals surface area contributed by atoms with Crippen LogP contribution in [0.15, 0.2) is 79.0 Å². The van der Waals surface area contributed by atoms with Gasteiger partial charge in [0.05, 0.1) is 25.0 Å². The van der Waals surface area contributed by atoms with Gasteiger partial charge < -0.3 is 19.3 Å². The van der Waals surface area contributed by atoms with E-state index in [0.717, 1.165) is 30.0 Å². The Balaban J connectivity index is 1.32. The van der Waals surface area contributed by atoms with Gasteiger partial charge in [-0.3, -0.25) is 4.79 Å². The Morgan fingerprint density at radius 1 is 0.921 bits per heavy atom. The van der Waals surface area contributed by atoms with E-state index in [1.54, 1.807) is 43.1 Å². The van der Waals surface area contributed by atoms with Crippen LogP contribution >= 0.6 is 0 Å². The van der Waals surface area contributed by atoms with Crippen molar-refractivity contribution >= 4 is 17.6 Å². The molecule has 194 valence electrons. The van der Waals surface area contributed by atoms with Gasteiger partial charge in [0.1, 0.15) is 5.75 Å². The third-order valence-corrected chi connectivity index (χ3v) is 6.49. The summed E-state index contributed by atoms with van der Waals surface area (Å²) in [6, 6.07) is 22.7. The highest BCUT2D eigenvalue weighted by molar-refractivity contribution is 5.97. The molecule has 3 heterocycles. The van der Waals surface area contributed by atoms with Gasteiger partial charge in [0, 0.05) is 43.6 Å². The minimum Gasteiger partial charge on any atom is -0.496 e. The van der Waals surface area contributed by atoms with Gasteiger partial charge in [-0.05, 0) is 49.4 Å². The molecule has 1 fully saturated rings. The SMILES string of the molecule is CCOC(=O)c1cc(-c2ccc(N3CCN(C(=O)c4ccccc4OC)CC3)cc2)n(-c2ccccn2)n1. The summed E-state index contributed by atoms with van der Waals surface area (Å²) in [6.45, 7) is 4.72. The molecule has 1 amide bonds. The first-order valence-electron chi connectivity index (χ1n) is 12.6. The third kappa shape index (κ3) is 5.08. The van der Waals surface area contributed by atoms with Crippen LogP contribution in [-0.2, 0) is 4.74 Å². The van der Waals surface area contributed by atoms with Crippen molar-refractivity contribution in [3.63, 3.8) is 0 Å². The van der Waals surface area contributed by atoms with Crippen LogP contribution in [0.2, 0.25) is 0 Å². The zero-order valence-electron chi connectivity index (χ0n) is 21.4. The number of para-hydroxylation sites is 1. The van der Waals surface area contributed by atoms with Gasteiger partial charge in [0.2, 0.25) is 0 Å². The van der Waals surface area contributed by atoms with Gasteiger partial charge in [0.25, 0.3) is 5.91 Å². The molecule has 1 saturated heterocycles. The van der Waals surface area contributed by atoms with Crippen molar-refractivity contribution in [1.29, 1.82) is 0 Å². The molecule has 0 unspecified atom stereocenters. The highest BCUT2D eigenvalue weighted by atomic mass is 16.5. The second-order valence-corrected chi connectivity index (χ2v) is 8.76. The number of hydrogen-bond donors (Lipinski definition) is 0. The number of methoxy groups -OCH3 is 1. The standard InChI is InChI=1S/C29H29N5O4/c1-3-38-29(36)24-20-25(34(31-24)27-10-6-7-15-30-27)21-11-13-22(14-12-21)32-16-18-33(19-17-32)28(35)23-8-4-5-9-26(23)37-2/h4-15,20H,3,16-19H2,1-2H3. The molecule has 4 aromatic rings. The number of benzene rings is 2. The smallest absolute Gasteiger partial charge is 0.358 e. The molecule has 0 bridgehead atoms. The van der Waals surface area contributed by atoms with Crippen molar-refractivity contribution in [1.82, 2.24) is 19.7 Å². The number of pyridine rings is 1. The van der Waals surface area contributed by atoms with Crippen LogP contribution < -0.4 is 9.64 Å². The van der Waals surface area contributed by atoms with Crippen molar-refractivity contribution in [3.8, 4) is 22.8 Å². The highest BCUT2D eigenvalue weighted by Gasteiger charge is 2.24. The molecule has 1 aliphatic rings. The molecule has 38 heavy (non-hydrogen) atoms. The summed E-state index contributed by atoms with van der Waals surface area (Å²) in [5, 5.41) is 4.47. The number of hydrogen-bond acceptors (Lipinski definition) is 7. The van der Waals surface area contributed by atoms with Crippen LogP contribution in [0.3, 0.4) is 0 Å². The molecule has 0 N–H and O–H groups in total. The Kier molecular flexibility index (Phi) is 7.35. The van der Waals surface area contributed by atoms with E-state index in [1.165, 1.54) is 0 Å². The van der Waals surface area contributed by atoms with E-state index in [1.807, 2.05) is 59.5 Å². The van der Waals surface area contributed by atoms with E-state index in [4.69, 9.17) is 9.47 Å². The predicted octanol–water partition coefficient (Wildman–Crippen LogP) is 4.08. The minimum absolute atomic E-state index is 0.0161. The van der Waals surface area contributed by atoms with Crippen molar-refractivity contribution in [3.05, 3.63) is 90.3 Å². The lowest BCUT2D eigenvalue weighted by Crippen LogP contribution is -2.48. The van der Waals surface area contributed by atoms with Gasteiger partial charge in [-0.25, -0.2) is 14.5 Å². The third-order valence-electron chi connectivity index (χ3n) is 6.49. The molecular formula is C29H29N5O4. The number of aromatic nitrogens is 3. The summed E-state index contributed by atoms with van der Waals surface area (Å²) in [6.07, 6.45) is 1.69. The van der Waals surface area contributed by atoms with Crippen LogP contribution in [0.5, 0.6) is 5.75 Å². The first-order valence-corrected chi connectivity index (χ1v) is 12.6. The molecule has 0 radical (unpaired) electrons. The van der Waals surface area contributed by atoms with Gasteiger partial charge >= 0.3 is 5.97 Å². The summed E-state index contributed by atoms with van der Waals surface area (Å²) in [5.74, 6) is 0.711. The number of piperazine rings is 1. The zero-order valence-corrected chi connectivity index (χ0v) is 21.4. The number of anilines is 1. The molecule has 2 aromatic heterocycles. The number of carbonyl (C=O) groups is 2. The van der Waals surface area contributed by atoms with Crippen molar-refractivity contribution in [2.24, 2.45) is 0 Å². The van der Waals surface area contributed by atoms with Crippen LogP contribution in [0.1, 0.15) is 27.8 Å². The average Bonchev–Trinajstić information content (AvgIpc) is 3.43. The Hall–Kier alpha value is -4.66. The maximum atomic E-state index is 13.0. The van der Waals surface area contributed by atoms with Crippen molar-refractivity contribution < 1.29 is 19.1 Å². The largest absolute Gasteiger partial charge is 0.496 e. The second-order valence-electron chi connectivity index (χ2n) is 8.76. The number of nitrogens with zero attached hydrogens (tertiary/aromatic N) is 5. The van der Waals surface area contributed by atoms with Gasteiger partial charge in [-0.1, -0.05) is 30.3 Å². The Morgan fingerprint density at radius 3 is 2.34 bits per heavy atom. The Bertz CT molecular complexity index is 1410.